The highest BCUT2D eigenvalue weighted by Crippen LogP contribution is 2.16. The van der Waals surface area contributed by atoms with Gasteiger partial charge in [-0.25, -0.2) is 9.37 Å². The van der Waals surface area contributed by atoms with Crippen LogP contribution in [0.2, 0.25) is 0 Å². The molecule has 1 aromatic heterocycles. The smallest absolute Gasteiger partial charge is 0.255 e. The number of benzene rings is 1. The highest BCUT2D eigenvalue weighted by atomic mass is 19.1. The average molecular weight is 273 g/mol. The summed E-state index contributed by atoms with van der Waals surface area (Å²) >= 11 is 0. The van der Waals surface area contributed by atoms with E-state index in [-0.39, 0.29) is 11.6 Å². The van der Waals surface area contributed by atoms with Crippen LogP contribution in [0.3, 0.4) is 0 Å². The molecule has 0 radical (unpaired) electrons. The van der Waals surface area contributed by atoms with Crippen LogP contribution in [0.1, 0.15) is 23.0 Å². The van der Waals surface area contributed by atoms with Gasteiger partial charge < -0.3 is 10.6 Å². The third kappa shape index (κ3) is 3.12. The summed E-state index contributed by atoms with van der Waals surface area (Å²) in [7, 11) is 1.74. The van der Waals surface area contributed by atoms with E-state index in [1.165, 1.54) is 12.1 Å². The van der Waals surface area contributed by atoms with Crippen LogP contribution < -0.4 is 10.6 Å². The minimum absolute atomic E-state index is 0.165. The summed E-state index contributed by atoms with van der Waals surface area (Å²) in [6.45, 7) is 1.96. The van der Waals surface area contributed by atoms with Gasteiger partial charge in [0, 0.05) is 18.3 Å². The molecule has 1 amide bonds. The topological polar surface area (TPSA) is 54.0 Å². The summed E-state index contributed by atoms with van der Waals surface area (Å²) in [5.74, 6) is -0.203. The van der Waals surface area contributed by atoms with Gasteiger partial charge in [-0.1, -0.05) is 19.1 Å². The second-order valence-electron chi connectivity index (χ2n) is 4.27. The first-order valence-corrected chi connectivity index (χ1v) is 6.38. The van der Waals surface area contributed by atoms with Crippen molar-refractivity contribution in [3.8, 4) is 0 Å². The fourth-order valence-electron chi connectivity index (χ4n) is 1.79. The molecule has 0 spiro atoms. The van der Waals surface area contributed by atoms with E-state index in [0.29, 0.717) is 11.4 Å². The summed E-state index contributed by atoms with van der Waals surface area (Å²) in [4.78, 5) is 16.5. The summed E-state index contributed by atoms with van der Waals surface area (Å²) in [6.07, 6.45) is 0.718. The number of para-hydroxylation sites is 1. The fraction of sp³-hybridized carbons (Fsp3) is 0.200. The van der Waals surface area contributed by atoms with Gasteiger partial charge in [0.2, 0.25) is 0 Å². The minimum atomic E-state index is -0.459. The van der Waals surface area contributed by atoms with Crippen LogP contribution >= 0.6 is 0 Å². The Labute approximate surface area is 117 Å². The van der Waals surface area contributed by atoms with Crippen LogP contribution in [0.5, 0.6) is 0 Å². The quantitative estimate of drug-likeness (QED) is 0.900. The van der Waals surface area contributed by atoms with Crippen LogP contribution in [0.4, 0.5) is 15.9 Å². The lowest BCUT2D eigenvalue weighted by molar-refractivity contribution is 0.102. The lowest BCUT2D eigenvalue weighted by Crippen LogP contribution is -2.14. The summed E-state index contributed by atoms with van der Waals surface area (Å²) < 4.78 is 13.5. The third-order valence-electron chi connectivity index (χ3n) is 2.88. The fourth-order valence-corrected chi connectivity index (χ4v) is 1.79. The van der Waals surface area contributed by atoms with E-state index in [2.05, 4.69) is 15.6 Å². The first-order chi connectivity index (χ1) is 9.63. The summed E-state index contributed by atoms with van der Waals surface area (Å²) in [5.41, 5.74) is 1.42. The molecule has 0 fully saturated rings. The molecule has 0 unspecified atom stereocenters. The minimum Gasteiger partial charge on any atom is -0.373 e. The number of carbonyl (C=O) groups is 1. The predicted molar refractivity (Wildman–Crippen MR) is 77.5 cm³/mol. The predicted octanol–water partition coefficient (Wildman–Crippen LogP) is 3.08. The molecule has 2 aromatic rings. The molecule has 0 atom stereocenters. The van der Waals surface area contributed by atoms with Gasteiger partial charge in [0.25, 0.3) is 5.91 Å². The van der Waals surface area contributed by atoms with Crippen LogP contribution in [0.25, 0.3) is 0 Å². The molecule has 4 nitrogen and oxygen atoms in total. The van der Waals surface area contributed by atoms with Gasteiger partial charge in [-0.15, -0.1) is 0 Å². The molecule has 0 aliphatic carbocycles. The summed E-state index contributed by atoms with van der Waals surface area (Å²) in [5, 5.41) is 5.47. The molecule has 5 heteroatoms. The molecule has 2 N–H and O–H groups in total. The summed E-state index contributed by atoms with van der Waals surface area (Å²) in [6, 6.07) is 9.41. The highest BCUT2D eigenvalue weighted by molar-refractivity contribution is 6.04. The molecule has 1 heterocycles. The number of aromatic nitrogens is 1. The van der Waals surface area contributed by atoms with Crippen LogP contribution in [-0.4, -0.2) is 17.9 Å². The Morgan fingerprint density at radius 3 is 2.70 bits per heavy atom. The monoisotopic (exact) mass is 273 g/mol. The zero-order chi connectivity index (χ0) is 14.5. The number of pyridine rings is 1. The van der Waals surface area contributed by atoms with Gasteiger partial charge in [-0.05, 0) is 30.7 Å². The standard InChI is InChI=1S/C15H16FN3O/c1-3-11-8-10(9-14(17-2)18-11)15(20)19-13-7-5-4-6-12(13)16/h4-9H,3H2,1-2H3,(H,17,18)(H,19,20). The number of hydrogen-bond donors (Lipinski definition) is 2. The molecule has 2 rings (SSSR count). The van der Waals surface area contributed by atoms with E-state index < -0.39 is 5.82 Å². The molecule has 1 aromatic carbocycles. The number of halogens is 1. The first kappa shape index (κ1) is 14.0. The number of aryl methyl sites for hydroxylation is 1. The maximum Gasteiger partial charge on any atom is 0.255 e. The Kier molecular flexibility index (Phi) is 4.30. The molecule has 0 saturated heterocycles. The van der Waals surface area contributed by atoms with E-state index >= 15 is 0 Å². The Balaban J connectivity index is 2.27. The van der Waals surface area contributed by atoms with Gasteiger partial charge >= 0.3 is 0 Å². The second kappa shape index (κ2) is 6.14. The normalized spacial score (nSPS) is 10.2. The van der Waals surface area contributed by atoms with Crippen LogP contribution in [0, 0.1) is 5.82 Å². The number of nitrogens with one attached hydrogen (secondary N) is 2. The SMILES string of the molecule is CCc1cc(C(=O)Nc2ccccc2F)cc(NC)n1. The molecular formula is C15H16FN3O. The van der Waals surface area contributed by atoms with Gasteiger partial charge in [0.05, 0.1) is 5.69 Å². The van der Waals surface area contributed by atoms with Gasteiger partial charge in [-0.2, -0.15) is 0 Å². The Hall–Kier alpha value is -2.43. The van der Waals surface area contributed by atoms with Gasteiger partial charge in [0.15, 0.2) is 0 Å². The average Bonchev–Trinajstić information content (AvgIpc) is 2.48. The second-order valence-corrected chi connectivity index (χ2v) is 4.27. The van der Waals surface area contributed by atoms with Crippen molar-refractivity contribution >= 4 is 17.4 Å². The molecule has 0 saturated carbocycles. The molecule has 0 aliphatic rings. The molecule has 104 valence electrons. The Morgan fingerprint density at radius 2 is 2.05 bits per heavy atom. The first-order valence-electron chi connectivity index (χ1n) is 6.38. The zero-order valence-electron chi connectivity index (χ0n) is 11.4. The number of rotatable bonds is 4. The van der Waals surface area contributed by atoms with E-state index in [1.54, 1.807) is 31.3 Å². The third-order valence-corrected chi connectivity index (χ3v) is 2.88. The lowest BCUT2D eigenvalue weighted by atomic mass is 10.1. The zero-order valence-corrected chi connectivity index (χ0v) is 11.4. The molecule has 20 heavy (non-hydrogen) atoms. The van der Waals surface area contributed by atoms with Gasteiger partial charge in [-0.3, -0.25) is 4.79 Å². The highest BCUT2D eigenvalue weighted by Gasteiger charge is 2.11. The molecule has 0 bridgehead atoms. The lowest BCUT2D eigenvalue weighted by Gasteiger charge is -2.09. The van der Waals surface area contributed by atoms with Crippen LogP contribution in [0.15, 0.2) is 36.4 Å². The Morgan fingerprint density at radius 1 is 1.30 bits per heavy atom. The Bertz CT molecular complexity index is 606. The largest absolute Gasteiger partial charge is 0.373 e. The molecular weight excluding hydrogens is 257 g/mol. The van der Waals surface area contributed by atoms with Crippen molar-refractivity contribution in [1.29, 1.82) is 0 Å². The maximum atomic E-state index is 13.5. The van der Waals surface area contributed by atoms with Crippen molar-refractivity contribution < 1.29 is 9.18 Å². The van der Waals surface area contributed by atoms with Crippen molar-refractivity contribution in [1.82, 2.24) is 4.98 Å². The number of nitrogens with zero attached hydrogens (tertiary/aromatic N) is 1. The van der Waals surface area contributed by atoms with E-state index in [9.17, 15) is 9.18 Å². The van der Waals surface area contributed by atoms with Crippen molar-refractivity contribution in [2.24, 2.45) is 0 Å². The van der Waals surface area contributed by atoms with E-state index in [1.807, 2.05) is 6.92 Å². The van der Waals surface area contributed by atoms with Crippen molar-refractivity contribution in [3.05, 3.63) is 53.5 Å². The van der Waals surface area contributed by atoms with E-state index in [4.69, 9.17) is 0 Å². The number of hydrogen-bond acceptors (Lipinski definition) is 3. The number of amides is 1. The van der Waals surface area contributed by atoms with Gasteiger partial charge in [0.1, 0.15) is 11.6 Å². The van der Waals surface area contributed by atoms with Crippen molar-refractivity contribution in [2.75, 3.05) is 17.7 Å². The number of anilines is 2. The van der Waals surface area contributed by atoms with E-state index in [0.717, 1.165) is 12.1 Å². The van der Waals surface area contributed by atoms with Crippen molar-refractivity contribution in [3.63, 3.8) is 0 Å². The van der Waals surface area contributed by atoms with Crippen molar-refractivity contribution in [2.45, 2.75) is 13.3 Å². The maximum absolute atomic E-state index is 13.5. The van der Waals surface area contributed by atoms with Crippen LogP contribution in [-0.2, 0) is 6.42 Å². The molecule has 0 aliphatic heterocycles. The number of carbonyl (C=O) groups excluding carboxylic acids is 1.